The average molecular weight is 482 g/mol. The van der Waals surface area contributed by atoms with Crippen LogP contribution in [0.2, 0.25) is 5.02 Å². The van der Waals surface area contributed by atoms with E-state index in [2.05, 4.69) is 0 Å². The van der Waals surface area contributed by atoms with E-state index < -0.39 is 23.7 Å². The second-order valence-corrected chi connectivity index (χ2v) is 9.07. The van der Waals surface area contributed by atoms with Crippen molar-refractivity contribution in [3.8, 4) is 0 Å². The van der Waals surface area contributed by atoms with E-state index in [1.54, 1.807) is 19.1 Å². The maximum absolute atomic E-state index is 14.0. The lowest BCUT2D eigenvalue weighted by molar-refractivity contribution is -0.131. The second-order valence-electron chi connectivity index (χ2n) is 8.63. The zero-order chi connectivity index (χ0) is 24.4. The number of rotatable bonds is 5. The lowest BCUT2D eigenvalue weighted by Crippen LogP contribution is -2.41. The van der Waals surface area contributed by atoms with Crippen LogP contribution in [0.4, 0.5) is 4.79 Å². The van der Waals surface area contributed by atoms with Crippen molar-refractivity contribution >= 4 is 23.6 Å². The van der Waals surface area contributed by atoms with E-state index >= 15 is 0 Å². The van der Waals surface area contributed by atoms with Crippen molar-refractivity contribution in [2.75, 3.05) is 0 Å². The molecule has 1 heterocycles. The molecule has 1 saturated heterocycles. The quantitative estimate of drug-likeness (QED) is 0.305. The summed E-state index contributed by atoms with van der Waals surface area (Å²) in [6.07, 6.45) is -0.669. The summed E-state index contributed by atoms with van der Waals surface area (Å²) in [4.78, 5) is 28.9. The number of ether oxygens (including phenoxy) is 1. The van der Waals surface area contributed by atoms with Crippen LogP contribution in [-0.2, 0) is 15.1 Å². The molecule has 2 atom stereocenters. The Kier molecular flexibility index (Phi) is 6.14. The number of benzene rings is 4. The smallest absolute Gasteiger partial charge is 0.418 e. The molecule has 4 aromatic rings. The third-order valence-corrected chi connectivity index (χ3v) is 6.84. The molecule has 0 aromatic heterocycles. The molecule has 2 amide bonds. The number of halogens is 1. The monoisotopic (exact) mass is 481 g/mol. The number of hydrogen-bond acceptors (Lipinski definition) is 3. The lowest BCUT2D eigenvalue weighted by atomic mass is 9.77. The van der Waals surface area contributed by atoms with Gasteiger partial charge in [0.05, 0.1) is 5.92 Å². The Morgan fingerprint density at radius 2 is 1.29 bits per heavy atom. The summed E-state index contributed by atoms with van der Waals surface area (Å²) in [7, 11) is 0. The van der Waals surface area contributed by atoms with Gasteiger partial charge in [0.15, 0.2) is 5.60 Å². The van der Waals surface area contributed by atoms with Gasteiger partial charge in [0.25, 0.3) is 0 Å². The first-order chi connectivity index (χ1) is 17.0. The van der Waals surface area contributed by atoms with E-state index in [4.69, 9.17) is 16.3 Å². The van der Waals surface area contributed by atoms with E-state index in [0.29, 0.717) is 5.02 Å². The predicted octanol–water partition coefficient (Wildman–Crippen LogP) is 7.11. The van der Waals surface area contributed by atoms with Crippen molar-refractivity contribution in [1.29, 1.82) is 0 Å². The Balaban J connectivity index is 1.71. The van der Waals surface area contributed by atoms with E-state index in [-0.39, 0.29) is 5.91 Å². The first-order valence-corrected chi connectivity index (χ1v) is 11.9. The molecule has 174 valence electrons. The third-order valence-electron chi connectivity index (χ3n) is 6.59. The zero-order valence-electron chi connectivity index (χ0n) is 19.2. The minimum atomic E-state index is -1.21. The second kappa shape index (κ2) is 9.40. The predicted molar refractivity (Wildman–Crippen MR) is 136 cm³/mol. The molecule has 5 rings (SSSR count). The zero-order valence-corrected chi connectivity index (χ0v) is 19.9. The Morgan fingerprint density at radius 1 is 0.800 bits per heavy atom. The summed E-state index contributed by atoms with van der Waals surface area (Å²) >= 11 is 6.05. The highest BCUT2D eigenvalue weighted by molar-refractivity contribution is 6.30. The molecule has 5 heteroatoms. The highest BCUT2D eigenvalue weighted by Crippen LogP contribution is 2.53. The van der Waals surface area contributed by atoms with Crippen LogP contribution in [-0.4, -0.2) is 16.9 Å². The van der Waals surface area contributed by atoms with Crippen LogP contribution < -0.4 is 0 Å². The van der Waals surface area contributed by atoms with Crippen molar-refractivity contribution in [2.24, 2.45) is 0 Å². The van der Waals surface area contributed by atoms with Crippen molar-refractivity contribution in [2.45, 2.75) is 24.5 Å². The highest BCUT2D eigenvalue weighted by Gasteiger charge is 2.59. The van der Waals surface area contributed by atoms with Crippen LogP contribution in [0.3, 0.4) is 0 Å². The molecule has 0 aliphatic carbocycles. The molecule has 0 spiro atoms. The summed E-state index contributed by atoms with van der Waals surface area (Å²) < 4.78 is 6.27. The number of hydrogen-bond donors (Lipinski definition) is 0. The van der Waals surface area contributed by atoms with Gasteiger partial charge in [-0.2, -0.15) is 0 Å². The fourth-order valence-corrected chi connectivity index (χ4v) is 4.97. The number of nitrogens with zero attached hydrogens (tertiary/aromatic N) is 1. The molecule has 1 fully saturated rings. The van der Waals surface area contributed by atoms with Gasteiger partial charge in [-0.3, -0.25) is 4.79 Å². The molecular weight excluding hydrogens is 458 g/mol. The van der Waals surface area contributed by atoms with E-state index in [1.807, 2.05) is 103 Å². The van der Waals surface area contributed by atoms with Crippen molar-refractivity contribution in [3.63, 3.8) is 0 Å². The number of carbonyl (C=O) groups is 2. The number of cyclic esters (lactones) is 1. The summed E-state index contributed by atoms with van der Waals surface area (Å²) in [6.45, 7) is 1.80. The molecule has 1 aliphatic heterocycles. The number of imide groups is 1. The number of carbonyl (C=O) groups excluding carboxylic acids is 2. The minimum absolute atomic E-state index is 0.333. The summed E-state index contributed by atoms with van der Waals surface area (Å²) in [6, 6.07) is 35.2. The topological polar surface area (TPSA) is 46.6 Å². The Hall–Kier alpha value is -3.89. The summed E-state index contributed by atoms with van der Waals surface area (Å²) in [5.41, 5.74) is 1.96. The number of amides is 2. The van der Waals surface area contributed by atoms with Gasteiger partial charge in [-0.25, -0.2) is 9.69 Å². The van der Waals surface area contributed by atoms with Crippen molar-refractivity contribution < 1.29 is 14.3 Å². The molecule has 4 aromatic carbocycles. The van der Waals surface area contributed by atoms with Gasteiger partial charge in [0.2, 0.25) is 5.91 Å². The minimum Gasteiger partial charge on any atom is -0.430 e. The molecular formula is C30H24ClNO3. The fraction of sp³-hybridized carbons (Fsp3) is 0.133. The van der Waals surface area contributed by atoms with Crippen LogP contribution >= 0.6 is 11.6 Å². The molecule has 0 radical (unpaired) electrons. The molecule has 0 bridgehead atoms. The van der Waals surface area contributed by atoms with E-state index in [1.165, 1.54) is 4.90 Å². The maximum Gasteiger partial charge on any atom is 0.418 e. The fourth-order valence-electron chi connectivity index (χ4n) is 4.84. The van der Waals surface area contributed by atoms with Gasteiger partial charge in [0.1, 0.15) is 6.04 Å². The largest absolute Gasteiger partial charge is 0.430 e. The highest BCUT2D eigenvalue weighted by atomic mass is 35.5. The third kappa shape index (κ3) is 4.00. The van der Waals surface area contributed by atoms with E-state index in [9.17, 15) is 9.59 Å². The van der Waals surface area contributed by atoms with Gasteiger partial charge in [0, 0.05) is 16.1 Å². The van der Waals surface area contributed by atoms with Crippen LogP contribution in [0.15, 0.2) is 115 Å². The lowest BCUT2D eigenvalue weighted by Gasteiger charge is -2.36. The van der Waals surface area contributed by atoms with Crippen LogP contribution in [0.25, 0.3) is 0 Å². The molecule has 4 nitrogen and oxygen atoms in total. The van der Waals surface area contributed by atoms with Gasteiger partial charge in [-0.15, -0.1) is 0 Å². The van der Waals surface area contributed by atoms with Gasteiger partial charge in [-0.05, 0) is 30.2 Å². The Labute approximate surface area is 209 Å². The standard InChI is InChI=1S/C30H24ClNO3/c1-21(22-17-19-26(31)20-18-22)28(33)32-27(23-11-5-2-6-12-23)30(35-29(32)34,24-13-7-3-8-14-24)25-15-9-4-10-16-25/h2-21,27H,1H3/t21-,27+/m0/s1. The first-order valence-electron chi connectivity index (χ1n) is 11.5. The van der Waals surface area contributed by atoms with Crippen LogP contribution in [0.1, 0.15) is 41.1 Å². The molecule has 0 saturated carbocycles. The van der Waals surface area contributed by atoms with Crippen molar-refractivity contribution in [3.05, 3.63) is 143 Å². The Bertz CT molecular complexity index is 1290. The van der Waals surface area contributed by atoms with Crippen LogP contribution in [0, 0.1) is 0 Å². The average Bonchev–Trinajstić information content (AvgIpc) is 3.23. The van der Waals surface area contributed by atoms with Gasteiger partial charge in [-0.1, -0.05) is 115 Å². The van der Waals surface area contributed by atoms with E-state index in [0.717, 1.165) is 22.3 Å². The molecule has 0 N–H and O–H groups in total. The summed E-state index contributed by atoms with van der Waals surface area (Å²) in [5, 5.41) is 0.586. The summed E-state index contributed by atoms with van der Waals surface area (Å²) in [5.74, 6) is -0.909. The van der Waals surface area contributed by atoms with Crippen molar-refractivity contribution in [1.82, 2.24) is 4.90 Å². The normalized spacial score (nSPS) is 17.6. The molecule has 1 aliphatic rings. The maximum atomic E-state index is 14.0. The van der Waals surface area contributed by atoms with Crippen LogP contribution in [0.5, 0.6) is 0 Å². The Morgan fingerprint density at radius 3 is 1.80 bits per heavy atom. The first kappa shape index (κ1) is 22.9. The van der Waals surface area contributed by atoms with Gasteiger partial charge >= 0.3 is 6.09 Å². The molecule has 0 unspecified atom stereocenters. The molecule has 35 heavy (non-hydrogen) atoms. The van der Waals surface area contributed by atoms with Gasteiger partial charge < -0.3 is 4.74 Å². The SMILES string of the molecule is C[C@H](C(=O)N1C(=O)OC(c2ccccc2)(c2ccccc2)[C@H]1c1ccccc1)c1ccc(Cl)cc1.